The molecule has 0 unspecified atom stereocenters. The molecule has 124 valence electrons. The Morgan fingerprint density at radius 2 is 1.23 bits per heavy atom. The molecule has 0 aliphatic heterocycles. The summed E-state index contributed by atoms with van der Waals surface area (Å²) < 4.78 is 0. The molecule has 0 amide bonds. The van der Waals surface area contributed by atoms with Crippen molar-refractivity contribution in [2.24, 2.45) is 0 Å². The van der Waals surface area contributed by atoms with Crippen LogP contribution in [0.3, 0.4) is 0 Å². The molecule has 2 nitrogen and oxygen atoms in total. The Labute approximate surface area is 136 Å². The molecule has 0 bridgehead atoms. The van der Waals surface area contributed by atoms with Crippen molar-refractivity contribution in [1.82, 2.24) is 0 Å². The molecule has 0 fully saturated rings. The third kappa shape index (κ3) is 18.4. The van der Waals surface area contributed by atoms with Crippen molar-refractivity contribution >= 4 is 5.97 Å². The average Bonchev–Trinajstić information content (AvgIpc) is 2.50. The van der Waals surface area contributed by atoms with Crippen LogP contribution in [0.4, 0.5) is 0 Å². The number of aliphatic carboxylic acids is 1. The molecular formula is C20H32O2. The monoisotopic (exact) mass is 304 g/mol. The highest BCUT2D eigenvalue weighted by molar-refractivity contribution is 5.66. The molecule has 0 spiro atoms. The summed E-state index contributed by atoms with van der Waals surface area (Å²) in [5.41, 5.74) is 0. The number of hydrogen-bond donors (Lipinski definition) is 1. The first-order valence-electron chi connectivity index (χ1n) is 8.59. The SMILES string of the molecule is CCCCC/C=C/CC/C=C/C/C=C/C/C=C/CCC(=O)O. The van der Waals surface area contributed by atoms with Gasteiger partial charge in [0.2, 0.25) is 0 Å². The van der Waals surface area contributed by atoms with Gasteiger partial charge in [-0.05, 0) is 44.9 Å². The lowest BCUT2D eigenvalue weighted by molar-refractivity contribution is -0.136. The molecule has 0 radical (unpaired) electrons. The minimum absolute atomic E-state index is 0.218. The Bertz CT molecular complexity index is 362. The largest absolute Gasteiger partial charge is 0.481 e. The molecule has 0 aromatic rings. The van der Waals surface area contributed by atoms with Crippen molar-refractivity contribution in [2.75, 3.05) is 0 Å². The van der Waals surface area contributed by atoms with Gasteiger partial charge in [0, 0.05) is 6.42 Å². The van der Waals surface area contributed by atoms with Gasteiger partial charge in [0.1, 0.15) is 0 Å². The molecule has 0 aromatic carbocycles. The maximum absolute atomic E-state index is 10.3. The Kier molecular flexibility index (Phi) is 16.2. The van der Waals surface area contributed by atoms with Gasteiger partial charge in [-0.15, -0.1) is 0 Å². The lowest BCUT2D eigenvalue weighted by atomic mass is 10.2. The van der Waals surface area contributed by atoms with Gasteiger partial charge >= 0.3 is 5.97 Å². The quantitative estimate of drug-likeness (QED) is 0.305. The van der Waals surface area contributed by atoms with Crippen LogP contribution in [0.5, 0.6) is 0 Å². The van der Waals surface area contributed by atoms with Gasteiger partial charge in [-0.2, -0.15) is 0 Å². The van der Waals surface area contributed by atoms with Gasteiger partial charge in [-0.3, -0.25) is 4.79 Å². The summed E-state index contributed by atoms with van der Waals surface area (Å²) in [4.78, 5) is 10.3. The first kappa shape index (κ1) is 20.4. The molecule has 0 saturated heterocycles. The molecule has 0 atom stereocenters. The van der Waals surface area contributed by atoms with Crippen molar-refractivity contribution in [3.8, 4) is 0 Å². The molecule has 0 rings (SSSR count). The van der Waals surface area contributed by atoms with E-state index in [4.69, 9.17) is 5.11 Å². The Balaban J connectivity index is 3.39. The van der Waals surface area contributed by atoms with E-state index < -0.39 is 5.97 Å². The van der Waals surface area contributed by atoms with Crippen LogP contribution in [0, 0.1) is 0 Å². The van der Waals surface area contributed by atoms with E-state index in [-0.39, 0.29) is 6.42 Å². The normalized spacial score (nSPS) is 12.4. The van der Waals surface area contributed by atoms with Crippen molar-refractivity contribution in [2.45, 2.75) is 71.1 Å². The van der Waals surface area contributed by atoms with E-state index in [1.165, 1.54) is 25.7 Å². The molecule has 2 heteroatoms. The first-order valence-corrected chi connectivity index (χ1v) is 8.59. The molecule has 0 heterocycles. The van der Waals surface area contributed by atoms with Crippen molar-refractivity contribution in [1.29, 1.82) is 0 Å². The van der Waals surface area contributed by atoms with Gasteiger partial charge in [0.05, 0.1) is 0 Å². The fourth-order valence-electron chi connectivity index (χ4n) is 1.92. The Morgan fingerprint density at radius 1 is 0.727 bits per heavy atom. The predicted octanol–water partition coefficient (Wildman–Crippen LogP) is 6.22. The third-order valence-electron chi connectivity index (χ3n) is 3.21. The van der Waals surface area contributed by atoms with E-state index in [9.17, 15) is 4.79 Å². The second kappa shape index (κ2) is 17.5. The zero-order valence-electron chi connectivity index (χ0n) is 14.0. The number of rotatable bonds is 14. The molecule has 0 saturated carbocycles. The zero-order chi connectivity index (χ0) is 16.3. The summed E-state index contributed by atoms with van der Waals surface area (Å²) in [6.07, 6.45) is 27.4. The van der Waals surface area contributed by atoms with E-state index in [0.717, 1.165) is 25.7 Å². The molecular weight excluding hydrogens is 272 g/mol. The summed E-state index contributed by atoms with van der Waals surface area (Å²) >= 11 is 0. The highest BCUT2D eigenvalue weighted by atomic mass is 16.4. The Hall–Kier alpha value is -1.57. The maximum atomic E-state index is 10.3. The summed E-state index contributed by atoms with van der Waals surface area (Å²) in [6, 6.07) is 0. The molecule has 22 heavy (non-hydrogen) atoms. The molecule has 0 aromatic heterocycles. The fourth-order valence-corrected chi connectivity index (χ4v) is 1.92. The summed E-state index contributed by atoms with van der Waals surface area (Å²) in [5.74, 6) is -0.735. The smallest absolute Gasteiger partial charge is 0.303 e. The van der Waals surface area contributed by atoms with Crippen LogP contribution in [-0.2, 0) is 4.79 Å². The van der Waals surface area contributed by atoms with Crippen molar-refractivity contribution in [3.05, 3.63) is 48.6 Å². The second-order valence-electron chi connectivity index (χ2n) is 5.36. The van der Waals surface area contributed by atoms with Crippen molar-refractivity contribution < 1.29 is 9.90 Å². The number of carboxylic acid groups (broad SMARTS) is 1. The number of hydrogen-bond acceptors (Lipinski definition) is 1. The highest BCUT2D eigenvalue weighted by Gasteiger charge is 1.90. The number of carboxylic acids is 1. The van der Waals surface area contributed by atoms with Gasteiger partial charge in [-0.1, -0.05) is 68.4 Å². The van der Waals surface area contributed by atoms with Crippen LogP contribution < -0.4 is 0 Å². The standard InChI is InChI=1S/C20H32O2/c1-2-3-4-5-6-7-8-9-10-11-12-13-14-15-16-17-18-19-20(21)22/h6-7,10-11,13-14,16-17H,2-5,8-9,12,15,18-19H2,1H3,(H,21,22)/b7-6+,11-10+,14-13+,17-16+. The van der Waals surface area contributed by atoms with Crippen LogP contribution in [0.2, 0.25) is 0 Å². The lowest BCUT2D eigenvalue weighted by Gasteiger charge is -1.91. The van der Waals surface area contributed by atoms with E-state index in [1.54, 1.807) is 0 Å². The van der Waals surface area contributed by atoms with Gasteiger partial charge in [0.25, 0.3) is 0 Å². The second-order valence-corrected chi connectivity index (χ2v) is 5.36. The lowest BCUT2D eigenvalue weighted by Crippen LogP contribution is -1.91. The average molecular weight is 304 g/mol. The number of carbonyl (C=O) groups is 1. The predicted molar refractivity (Wildman–Crippen MR) is 96.0 cm³/mol. The van der Waals surface area contributed by atoms with Crippen molar-refractivity contribution in [3.63, 3.8) is 0 Å². The zero-order valence-corrected chi connectivity index (χ0v) is 14.0. The minimum Gasteiger partial charge on any atom is -0.481 e. The van der Waals surface area contributed by atoms with Crippen LogP contribution in [0.25, 0.3) is 0 Å². The summed E-state index contributed by atoms with van der Waals surface area (Å²) in [6.45, 7) is 2.23. The van der Waals surface area contributed by atoms with Gasteiger partial charge < -0.3 is 5.11 Å². The van der Waals surface area contributed by atoms with E-state index in [2.05, 4.69) is 43.4 Å². The van der Waals surface area contributed by atoms with Gasteiger partial charge in [0.15, 0.2) is 0 Å². The first-order chi connectivity index (χ1) is 10.8. The fraction of sp³-hybridized carbons (Fsp3) is 0.550. The van der Waals surface area contributed by atoms with Crippen LogP contribution in [0.1, 0.15) is 71.1 Å². The van der Waals surface area contributed by atoms with Crippen LogP contribution in [-0.4, -0.2) is 11.1 Å². The molecule has 1 N–H and O–H groups in total. The van der Waals surface area contributed by atoms with Crippen LogP contribution in [0.15, 0.2) is 48.6 Å². The van der Waals surface area contributed by atoms with E-state index in [0.29, 0.717) is 6.42 Å². The number of allylic oxidation sites excluding steroid dienone is 8. The minimum atomic E-state index is -0.735. The highest BCUT2D eigenvalue weighted by Crippen LogP contribution is 2.02. The third-order valence-corrected chi connectivity index (χ3v) is 3.21. The van der Waals surface area contributed by atoms with E-state index >= 15 is 0 Å². The summed E-state index contributed by atoms with van der Waals surface area (Å²) in [7, 11) is 0. The van der Waals surface area contributed by atoms with Gasteiger partial charge in [-0.25, -0.2) is 0 Å². The van der Waals surface area contributed by atoms with Crippen LogP contribution >= 0.6 is 0 Å². The molecule has 0 aliphatic carbocycles. The maximum Gasteiger partial charge on any atom is 0.303 e. The topological polar surface area (TPSA) is 37.3 Å². The Morgan fingerprint density at radius 3 is 1.82 bits per heavy atom. The molecule has 0 aliphatic rings. The number of unbranched alkanes of at least 4 members (excludes halogenated alkanes) is 4. The van der Waals surface area contributed by atoms with E-state index in [1.807, 2.05) is 12.2 Å². The summed E-state index contributed by atoms with van der Waals surface area (Å²) in [5, 5.41) is 8.48.